The van der Waals surface area contributed by atoms with E-state index in [4.69, 9.17) is 0 Å². The quantitative estimate of drug-likeness (QED) is 0.455. The van der Waals surface area contributed by atoms with E-state index in [0.29, 0.717) is 23.7 Å². The van der Waals surface area contributed by atoms with Gasteiger partial charge in [-0.1, -0.05) is 12.1 Å². The Morgan fingerprint density at radius 2 is 1.72 bits per heavy atom. The van der Waals surface area contributed by atoms with E-state index < -0.39 is 17.6 Å². The molecule has 1 aliphatic heterocycles. The lowest BCUT2D eigenvalue weighted by Gasteiger charge is -2.32. The van der Waals surface area contributed by atoms with Crippen molar-refractivity contribution in [2.24, 2.45) is 0 Å². The Morgan fingerprint density at radius 1 is 1.00 bits per heavy atom. The van der Waals surface area contributed by atoms with Crippen molar-refractivity contribution in [1.82, 2.24) is 4.90 Å². The number of rotatable bonds is 7. The standard InChI is InChI=1S/C27H26F2N2O4S/c1-35-27(34)24-9-7-22(36-24)16-25(32)30-21-5-2-17(3-6-21)18-10-12-31(13-11-18)26(33)15-19-14-20(28)4-8-23(19)29/h2-9,14,18H,10-13,15-16H2,1H3,(H,30,32). The van der Waals surface area contributed by atoms with Gasteiger partial charge >= 0.3 is 5.97 Å². The maximum Gasteiger partial charge on any atom is 0.348 e. The van der Waals surface area contributed by atoms with Gasteiger partial charge in [-0.05, 0) is 66.8 Å². The largest absolute Gasteiger partial charge is 0.465 e. The third kappa shape index (κ3) is 6.34. The summed E-state index contributed by atoms with van der Waals surface area (Å²) in [5, 5.41) is 2.87. The van der Waals surface area contributed by atoms with E-state index >= 15 is 0 Å². The van der Waals surface area contributed by atoms with Gasteiger partial charge in [-0.2, -0.15) is 0 Å². The number of methoxy groups -OCH3 is 1. The lowest BCUT2D eigenvalue weighted by Crippen LogP contribution is -2.38. The molecule has 3 aromatic rings. The Morgan fingerprint density at radius 3 is 2.42 bits per heavy atom. The highest BCUT2D eigenvalue weighted by molar-refractivity contribution is 7.14. The van der Waals surface area contributed by atoms with Gasteiger partial charge in [0.1, 0.15) is 16.5 Å². The molecule has 0 unspecified atom stereocenters. The van der Waals surface area contributed by atoms with Crippen molar-refractivity contribution in [2.45, 2.75) is 31.6 Å². The van der Waals surface area contributed by atoms with Crippen LogP contribution in [-0.4, -0.2) is 42.9 Å². The molecule has 0 atom stereocenters. The minimum Gasteiger partial charge on any atom is -0.465 e. The van der Waals surface area contributed by atoms with Gasteiger partial charge < -0.3 is 15.0 Å². The van der Waals surface area contributed by atoms with Crippen LogP contribution in [0, 0.1) is 11.6 Å². The minimum absolute atomic E-state index is 0.0720. The van der Waals surface area contributed by atoms with E-state index in [1.807, 2.05) is 24.3 Å². The molecule has 1 aromatic heterocycles. The Labute approximate surface area is 211 Å². The molecule has 6 nitrogen and oxygen atoms in total. The average molecular weight is 513 g/mol. The molecule has 9 heteroatoms. The van der Waals surface area contributed by atoms with Crippen LogP contribution in [0.4, 0.5) is 14.5 Å². The molecular weight excluding hydrogens is 486 g/mol. The van der Waals surface area contributed by atoms with Crippen LogP contribution in [0.15, 0.2) is 54.6 Å². The van der Waals surface area contributed by atoms with E-state index in [1.54, 1.807) is 17.0 Å². The fraction of sp³-hybridized carbons (Fsp3) is 0.296. The number of piperidine rings is 1. The molecule has 188 valence electrons. The highest BCUT2D eigenvalue weighted by atomic mass is 32.1. The predicted octanol–water partition coefficient (Wildman–Crippen LogP) is 4.94. The highest BCUT2D eigenvalue weighted by Gasteiger charge is 2.24. The summed E-state index contributed by atoms with van der Waals surface area (Å²) in [6.07, 6.45) is 1.54. The summed E-state index contributed by atoms with van der Waals surface area (Å²) in [6, 6.07) is 14.2. The van der Waals surface area contributed by atoms with E-state index in [9.17, 15) is 23.2 Å². The smallest absolute Gasteiger partial charge is 0.348 e. The molecule has 0 radical (unpaired) electrons. The summed E-state index contributed by atoms with van der Waals surface area (Å²) in [4.78, 5) is 39.4. The van der Waals surface area contributed by atoms with Crippen LogP contribution in [0.25, 0.3) is 0 Å². The van der Waals surface area contributed by atoms with Gasteiger partial charge in [-0.15, -0.1) is 11.3 Å². The fourth-order valence-corrected chi connectivity index (χ4v) is 5.23. The van der Waals surface area contributed by atoms with Crippen LogP contribution in [-0.2, 0) is 27.2 Å². The van der Waals surface area contributed by atoms with Crippen molar-refractivity contribution < 1.29 is 27.9 Å². The first kappa shape index (κ1) is 25.5. The number of anilines is 1. The summed E-state index contributed by atoms with van der Waals surface area (Å²) in [6.45, 7) is 1.10. The molecule has 2 heterocycles. The lowest BCUT2D eigenvalue weighted by molar-refractivity contribution is -0.131. The molecule has 1 N–H and O–H groups in total. The fourth-order valence-electron chi connectivity index (χ4n) is 4.30. The molecule has 0 saturated carbocycles. The summed E-state index contributed by atoms with van der Waals surface area (Å²) in [5.41, 5.74) is 1.87. The molecule has 4 rings (SSSR count). The third-order valence-electron chi connectivity index (χ3n) is 6.25. The Kier molecular flexibility index (Phi) is 8.10. The second kappa shape index (κ2) is 11.4. The first-order valence-corrected chi connectivity index (χ1v) is 12.4. The zero-order valence-electron chi connectivity index (χ0n) is 19.8. The van der Waals surface area contributed by atoms with Crippen LogP contribution in [0.1, 0.15) is 44.4 Å². The summed E-state index contributed by atoms with van der Waals surface area (Å²) in [5.74, 6) is -1.67. The van der Waals surface area contributed by atoms with Gasteiger partial charge in [0.15, 0.2) is 0 Å². The lowest BCUT2D eigenvalue weighted by atomic mass is 9.89. The van der Waals surface area contributed by atoms with Crippen molar-refractivity contribution in [3.63, 3.8) is 0 Å². The van der Waals surface area contributed by atoms with Crippen LogP contribution < -0.4 is 5.32 Å². The van der Waals surface area contributed by atoms with Crippen LogP contribution in [0.3, 0.4) is 0 Å². The molecule has 1 saturated heterocycles. The van der Waals surface area contributed by atoms with Crippen molar-refractivity contribution in [2.75, 3.05) is 25.5 Å². The predicted molar refractivity (Wildman–Crippen MR) is 133 cm³/mol. The zero-order valence-corrected chi connectivity index (χ0v) is 20.6. The molecule has 1 aliphatic rings. The first-order chi connectivity index (χ1) is 17.3. The van der Waals surface area contributed by atoms with Gasteiger partial charge in [-0.25, -0.2) is 13.6 Å². The van der Waals surface area contributed by atoms with Gasteiger partial charge in [0.25, 0.3) is 0 Å². The average Bonchev–Trinajstić information content (AvgIpc) is 3.34. The number of esters is 1. The number of nitrogens with zero attached hydrogens (tertiary/aromatic N) is 1. The molecule has 36 heavy (non-hydrogen) atoms. The van der Waals surface area contributed by atoms with Crippen molar-refractivity contribution in [3.8, 4) is 0 Å². The van der Waals surface area contributed by atoms with Gasteiger partial charge in [-0.3, -0.25) is 9.59 Å². The highest BCUT2D eigenvalue weighted by Crippen LogP contribution is 2.29. The monoisotopic (exact) mass is 512 g/mol. The van der Waals surface area contributed by atoms with E-state index in [0.717, 1.165) is 41.5 Å². The van der Waals surface area contributed by atoms with Gasteiger partial charge in [0.2, 0.25) is 11.8 Å². The molecule has 0 aliphatic carbocycles. The van der Waals surface area contributed by atoms with Gasteiger partial charge in [0.05, 0.1) is 20.0 Å². The number of halogens is 2. The number of benzene rings is 2. The van der Waals surface area contributed by atoms with Crippen molar-refractivity contribution in [3.05, 3.63) is 87.1 Å². The number of carbonyl (C=O) groups excluding carboxylic acids is 3. The van der Waals surface area contributed by atoms with Crippen molar-refractivity contribution >= 4 is 34.8 Å². The number of thiophene rings is 1. The van der Waals surface area contributed by atoms with Crippen molar-refractivity contribution in [1.29, 1.82) is 0 Å². The number of likely N-dealkylation sites (tertiary alicyclic amines) is 1. The number of hydrogen-bond acceptors (Lipinski definition) is 5. The Bertz CT molecular complexity index is 1250. The Hall–Kier alpha value is -3.59. The molecule has 0 bridgehead atoms. The normalized spacial score (nSPS) is 13.9. The van der Waals surface area contributed by atoms with Gasteiger partial charge in [0, 0.05) is 29.2 Å². The van der Waals surface area contributed by atoms with E-state index in [-0.39, 0.29) is 36.1 Å². The van der Waals surface area contributed by atoms with E-state index in [2.05, 4.69) is 10.1 Å². The molecular formula is C27H26F2N2O4S. The molecule has 2 amide bonds. The summed E-state index contributed by atoms with van der Waals surface area (Å²) >= 11 is 1.23. The molecule has 2 aromatic carbocycles. The summed E-state index contributed by atoms with van der Waals surface area (Å²) in [7, 11) is 1.32. The zero-order chi connectivity index (χ0) is 25.7. The number of ether oxygens (including phenoxy) is 1. The van der Waals surface area contributed by atoms with Crippen LogP contribution >= 0.6 is 11.3 Å². The first-order valence-electron chi connectivity index (χ1n) is 11.6. The molecule has 1 fully saturated rings. The second-order valence-electron chi connectivity index (χ2n) is 8.67. The topological polar surface area (TPSA) is 75.7 Å². The maximum atomic E-state index is 13.9. The number of nitrogens with one attached hydrogen (secondary N) is 1. The SMILES string of the molecule is COC(=O)c1ccc(CC(=O)Nc2ccc(C3CCN(C(=O)Cc4cc(F)ccc4F)CC3)cc2)s1. The number of amides is 2. The Balaban J connectivity index is 1.26. The number of carbonyl (C=O) groups is 3. The van der Waals surface area contributed by atoms with Crippen LogP contribution in [0.5, 0.6) is 0 Å². The van der Waals surface area contributed by atoms with E-state index in [1.165, 1.54) is 18.4 Å². The number of hydrogen-bond donors (Lipinski definition) is 1. The minimum atomic E-state index is -0.576. The third-order valence-corrected chi connectivity index (χ3v) is 7.31. The second-order valence-corrected chi connectivity index (χ2v) is 9.84. The summed E-state index contributed by atoms with van der Waals surface area (Å²) < 4.78 is 31.9. The maximum absolute atomic E-state index is 13.9. The van der Waals surface area contributed by atoms with Crippen LogP contribution in [0.2, 0.25) is 0 Å². The molecule has 0 spiro atoms.